The molecule has 0 amide bonds. The van der Waals surface area contributed by atoms with Crippen LogP contribution in [0.5, 0.6) is 0 Å². The van der Waals surface area contributed by atoms with E-state index in [1.54, 1.807) is 0 Å². The first-order chi connectivity index (χ1) is 26.9. The number of hydrogen-bond acceptors (Lipinski definition) is 21. The summed E-state index contributed by atoms with van der Waals surface area (Å²) in [5, 5.41) is 23.9. The summed E-state index contributed by atoms with van der Waals surface area (Å²) in [7, 11) is -9.78. The van der Waals surface area contributed by atoms with E-state index in [4.69, 9.17) is 25.5 Å². The van der Waals surface area contributed by atoms with Gasteiger partial charge >= 0.3 is 23.5 Å². The van der Waals surface area contributed by atoms with Gasteiger partial charge in [-0.2, -0.15) is 18.6 Å². The molecule has 12 N–H and O–H groups in total. The van der Waals surface area contributed by atoms with Crippen LogP contribution in [-0.4, -0.2) is 162 Å². The Labute approximate surface area is 328 Å². The van der Waals surface area contributed by atoms with Crippen LogP contribution in [0.3, 0.4) is 0 Å². The van der Waals surface area contributed by atoms with Crippen LogP contribution in [0.1, 0.15) is 6.23 Å². The SMILES string of the molecule is C=CN(c1nc(N)[nH]c(=O)c1NC)C1CN(CC[N+](C)(C)C)C[C@@H](COP(=O)(O)OP(=O)(O)OP(=O)(O)OCC2OC(n3cnc4c(=O)[nH]c(N)nc43)[C@H](O)[C@@H]2O)O1. The Morgan fingerprint density at radius 2 is 1.60 bits per heavy atom. The second-order valence-corrected chi connectivity index (χ2v) is 18.6. The molecule has 0 radical (unpaired) electrons. The third kappa shape index (κ3) is 11.1. The van der Waals surface area contributed by atoms with Crippen LogP contribution in [0.4, 0.5) is 23.4 Å². The molecule has 2 aliphatic heterocycles. The van der Waals surface area contributed by atoms with Crippen molar-refractivity contribution < 1.29 is 70.2 Å². The zero-order valence-corrected chi connectivity index (χ0v) is 34.1. The molecule has 2 saturated heterocycles. The third-order valence-electron chi connectivity index (χ3n) is 8.53. The molecule has 3 aromatic heterocycles. The lowest BCUT2D eigenvalue weighted by molar-refractivity contribution is -0.869. The monoisotopic (exact) mass is 887 g/mol. The molecule has 6 unspecified atom stereocenters. The Morgan fingerprint density at radius 1 is 0.983 bits per heavy atom. The highest BCUT2D eigenvalue weighted by atomic mass is 31.3. The summed E-state index contributed by atoms with van der Waals surface area (Å²) < 4.78 is 69.6. The molecular weight excluding hydrogens is 841 g/mol. The number of hydrogen-bond donors (Lipinski definition) is 10. The fourth-order valence-corrected chi connectivity index (χ4v) is 9.43. The Balaban J connectivity index is 1.21. The predicted octanol–water partition coefficient (Wildman–Crippen LogP) is -2.22. The number of aliphatic hydroxyl groups excluding tert-OH is 2. The molecule has 5 rings (SSSR count). The summed E-state index contributed by atoms with van der Waals surface area (Å²) in [5.74, 6) is -0.436. The van der Waals surface area contributed by atoms with E-state index in [2.05, 4.69) is 50.0 Å². The average molecular weight is 888 g/mol. The van der Waals surface area contributed by atoms with Crippen molar-refractivity contribution in [3.8, 4) is 0 Å². The lowest BCUT2D eigenvalue weighted by atomic mass is 10.1. The minimum Gasteiger partial charge on any atom is -0.387 e. The summed E-state index contributed by atoms with van der Waals surface area (Å²) in [6, 6.07) is 0. The first kappa shape index (κ1) is 45.4. The van der Waals surface area contributed by atoms with E-state index >= 15 is 0 Å². The van der Waals surface area contributed by atoms with Gasteiger partial charge in [0.1, 0.15) is 30.2 Å². The number of nitrogens with one attached hydrogen (secondary N) is 3. The molecule has 0 saturated carbocycles. The molecule has 0 spiro atoms. The lowest BCUT2D eigenvalue weighted by Gasteiger charge is -2.42. The summed E-state index contributed by atoms with van der Waals surface area (Å²) in [5.41, 5.74) is 9.81. The Hall–Kier alpha value is -3.66. The van der Waals surface area contributed by atoms with Gasteiger partial charge in [0.15, 0.2) is 23.2 Å². The highest BCUT2D eigenvalue weighted by Gasteiger charge is 2.47. The van der Waals surface area contributed by atoms with Gasteiger partial charge in [-0.05, 0) is 0 Å². The van der Waals surface area contributed by atoms with Crippen LogP contribution in [-0.2, 0) is 40.8 Å². The number of nitrogens with two attached hydrogens (primary N) is 2. The van der Waals surface area contributed by atoms with E-state index in [-0.39, 0.29) is 47.7 Å². The van der Waals surface area contributed by atoms with Crippen LogP contribution < -0.4 is 32.8 Å². The third-order valence-corrected chi connectivity index (χ3v) is 12.8. The molecule has 0 aliphatic carbocycles. The number of imidazole rings is 1. The number of rotatable bonds is 18. The van der Waals surface area contributed by atoms with Crippen LogP contribution in [0.25, 0.3) is 11.2 Å². The molecule has 58 heavy (non-hydrogen) atoms. The Bertz CT molecular complexity index is 2230. The number of anilines is 4. The number of ether oxygens (including phenoxy) is 2. The molecule has 9 atom stereocenters. The molecule has 28 nitrogen and oxygen atoms in total. The van der Waals surface area contributed by atoms with E-state index < -0.39 is 84.7 Å². The maximum absolute atomic E-state index is 12.9. The van der Waals surface area contributed by atoms with Crippen molar-refractivity contribution in [3.05, 3.63) is 39.8 Å². The second-order valence-electron chi connectivity index (χ2n) is 14.0. The van der Waals surface area contributed by atoms with Crippen LogP contribution in [0, 0.1) is 0 Å². The van der Waals surface area contributed by atoms with E-state index in [9.17, 15) is 48.2 Å². The molecular formula is C27H46N12O16P3+. The summed E-state index contributed by atoms with van der Waals surface area (Å²) >= 11 is 0. The number of morpholine rings is 1. The number of quaternary nitrogens is 1. The van der Waals surface area contributed by atoms with Gasteiger partial charge in [0.05, 0.1) is 53.3 Å². The quantitative estimate of drug-likeness (QED) is 0.0477. The predicted molar refractivity (Wildman–Crippen MR) is 202 cm³/mol. The molecule has 324 valence electrons. The van der Waals surface area contributed by atoms with E-state index in [0.717, 1.165) is 10.9 Å². The highest BCUT2D eigenvalue weighted by Crippen LogP contribution is 2.67. The van der Waals surface area contributed by atoms with Crippen molar-refractivity contribution in [3.63, 3.8) is 0 Å². The smallest absolute Gasteiger partial charge is 0.387 e. The number of phosphoric ester groups is 2. The number of phosphoric acid groups is 3. The van der Waals surface area contributed by atoms with Crippen LogP contribution >= 0.6 is 23.5 Å². The normalized spacial score (nSPS) is 26.2. The number of nitrogens with zero attached hydrogens (tertiary/aromatic N) is 7. The van der Waals surface area contributed by atoms with Gasteiger partial charge in [-0.25, -0.2) is 18.7 Å². The summed E-state index contributed by atoms with van der Waals surface area (Å²) in [6.45, 7) is 3.47. The largest absolute Gasteiger partial charge is 0.490 e. The minimum atomic E-state index is -5.94. The maximum atomic E-state index is 12.9. The van der Waals surface area contributed by atoms with Crippen molar-refractivity contribution in [2.45, 2.75) is 36.9 Å². The number of fused-ring (bicyclic) bond motifs is 1. The number of H-pyrrole nitrogens is 2. The average Bonchev–Trinajstić information content (AvgIpc) is 3.64. The standard InChI is InChI=1S/C27H45N12O16P3/c1-6-37(21-17(30-2)23(42)34-26(28)32-21)16-10-36(7-8-39(3,4)5)9-14(52-16)11-50-56(44,45)54-58(48,49)55-57(46,47)51-12-15-19(40)20(41)25(53-15)38-13-31-18-22(38)33-27(29)35-24(18)43/h6,13-16,19-20,25,30,40-41H,1,7-12H2,2-5H3,(H8-,28,29,32,33,34,35,42,43,44,45,46,47,48,49)/p+1/t14-,15?,16?,19+,20+,25?/m0/s1. The summed E-state index contributed by atoms with van der Waals surface area (Å²) in [4.78, 5) is 75.4. The van der Waals surface area contributed by atoms with E-state index in [1.165, 1.54) is 18.1 Å². The fraction of sp³-hybridized carbons (Fsp3) is 0.593. The number of likely N-dealkylation sites (N-methyl/N-ethyl adjacent to an activating group) is 1. The molecule has 5 heterocycles. The van der Waals surface area contributed by atoms with Crippen molar-refractivity contribution in [1.29, 1.82) is 0 Å². The van der Waals surface area contributed by atoms with Crippen LogP contribution in [0.15, 0.2) is 28.7 Å². The minimum absolute atomic E-state index is 0.0328. The van der Waals surface area contributed by atoms with Gasteiger partial charge < -0.3 is 60.5 Å². The van der Waals surface area contributed by atoms with Gasteiger partial charge in [0.2, 0.25) is 11.9 Å². The number of nitrogen functional groups attached to an aromatic ring is 2. The lowest BCUT2D eigenvalue weighted by Crippen LogP contribution is -2.56. The van der Waals surface area contributed by atoms with E-state index in [1.807, 2.05) is 26.0 Å². The number of aromatic nitrogens is 6. The first-order valence-corrected chi connectivity index (χ1v) is 21.5. The molecule has 2 aliphatic rings. The van der Waals surface area contributed by atoms with Gasteiger partial charge in [-0.3, -0.25) is 38.1 Å². The second kappa shape index (κ2) is 17.5. The fourth-order valence-electron chi connectivity index (χ4n) is 5.89. The topological polar surface area (TPSA) is 388 Å². The Morgan fingerprint density at radius 3 is 2.22 bits per heavy atom. The zero-order chi connectivity index (χ0) is 43.0. The highest BCUT2D eigenvalue weighted by molar-refractivity contribution is 7.66. The molecule has 0 bridgehead atoms. The molecule has 31 heteroatoms. The molecule has 2 fully saturated rings. The number of aromatic amines is 2. The molecule has 0 aromatic carbocycles. The van der Waals surface area contributed by atoms with Gasteiger partial charge in [-0.1, -0.05) is 6.58 Å². The Kier molecular flexibility index (Phi) is 13.7. The van der Waals surface area contributed by atoms with Crippen molar-refractivity contribution >= 4 is 58.0 Å². The number of aliphatic hydroxyl groups is 2. The summed E-state index contributed by atoms with van der Waals surface area (Å²) in [6.07, 6.45) is -6.18. The van der Waals surface area contributed by atoms with Gasteiger partial charge in [0, 0.05) is 32.9 Å². The first-order valence-electron chi connectivity index (χ1n) is 17.0. The van der Waals surface area contributed by atoms with Crippen molar-refractivity contribution in [1.82, 2.24) is 34.4 Å². The van der Waals surface area contributed by atoms with Gasteiger partial charge in [-0.15, -0.1) is 0 Å². The van der Waals surface area contributed by atoms with Crippen molar-refractivity contribution in [2.24, 2.45) is 0 Å². The van der Waals surface area contributed by atoms with Crippen molar-refractivity contribution in [2.75, 3.05) is 89.3 Å². The zero-order valence-electron chi connectivity index (χ0n) is 31.4. The van der Waals surface area contributed by atoms with Crippen LogP contribution in [0.2, 0.25) is 0 Å². The van der Waals surface area contributed by atoms with Gasteiger partial charge in [0.25, 0.3) is 11.1 Å². The van der Waals surface area contributed by atoms with E-state index in [0.29, 0.717) is 17.6 Å². The molecule has 3 aromatic rings. The maximum Gasteiger partial charge on any atom is 0.490 e.